The zero-order valence-electron chi connectivity index (χ0n) is 12.2. The van der Waals surface area contributed by atoms with Gasteiger partial charge in [0.1, 0.15) is 0 Å². The van der Waals surface area contributed by atoms with Gasteiger partial charge in [0, 0.05) is 6.08 Å². The van der Waals surface area contributed by atoms with Crippen LogP contribution in [0, 0.1) is 0 Å². The van der Waals surface area contributed by atoms with Gasteiger partial charge in [0.2, 0.25) is 0 Å². The van der Waals surface area contributed by atoms with Crippen molar-refractivity contribution in [2.24, 2.45) is 0 Å². The molecule has 0 aromatic heterocycles. The van der Waals surface area contributed by atoms with E-state index < -0.39 is 0 Å². The number of hydrogen-bond donors (Lipinski definition) is 0. The Morgan fingerprint density at radius 2 is 1.38 bits per heavy atom. The molecule has 0 amide bonds. The minimum absolute atomic E-state index is 0.359. The minimum atomic E-state index is -0.359. The predicted molar refractivity (Wildman–Crippen MR) is 88.6 cm³/mol. The van der Waals surface area contributed by atoms with Crippen molar-refractivity contribution in [3.8, 4) is 0 Å². The van der Waals surface area contributed by atoms with Gasteiger partial charge in [-0.2, -0.15) is 0 Å². The molecule has 0 aliphatic heterocycles. The first-order chi connectivity index (χ1) is 10.3. The zero-order valence-corrected chi connectivity index (χ0v) is 12.2. The fraction of sp³-hybridized carbons (Fsp3) is 0.105. The van der Waals surface area contributed by atoms with Crippen molar-refractivity contribution >= 4 is 18.1 Å². The standard InChI is InChI=1S/C14H12.C5H8O2/c1-3-7-13(8-4-1)11-12-14-9-5-2-6-10-14;1-3-5(6)7-4-2/h1-12H;3H,1,4H2,2H3. The summed E-state index contributed by atoms with van der Waals surface area (Å²) in [6.45, 7) is 5.38. The molecule has 0 atom stereocenters. The van der Waals surface area contributed by atoms with Crippen LogP contribution < -0.4 is 0 Å². The second-order valence-corrected chi connectivity index (χ2v) is 4.11. The quantitative estimate of drug-likeness (QED) is 0.465. The molecule has 108 valence electrons. The molecule has 2 heteroatoms. The Morgan fingerprint density at radius 1 is 0.952 bits per heavy atom. The molecule has 0 aliphatic carbocycles. The van der Waals surface area contributed by atoms with Crippen molar-refractivity contribution in [3.05, 3.63) is 84.4 Å². The maximum atomic E-state index is 10.1. The molecule has 0 bridgehead atoms. The maximum absolute atomic E-state index is 10.1. The van der Waals surface area contributed by atoms with Crippen LogP contribution in [0.1, 0.15) is 18.1 Å². The van der Waals surface area contributed by atoms with E-state index in [1.807, 2.05) is 36.4 Å². The summed E-state index contributed by atoms with van der Waals surface area (Å²) < 4.78 is 4.43. The molecule has 0 spiro atoms. The number of rotatable bonds is 4. The summed E-state index contributed by atoms with van der Waals surface area (Å²) in [4.78, 5) is 10.1. The maximum Gasteiger partial charge on any atom is 0.330 e. The van der Waals surface area contributed by atoms with Gasteiger partial charge < -0.3 is 4.74 Å². The van der Waals surface area contributed by atoms with E-state index in [4.69, 9.17) is 0 Å². The highest BCUT2D eigenvalue weighted by molar-refractivity contribution is 5.81. The molecule has 2 aromatic rings. The summed E-state index contributed by atoms with van der Waals surface area (Å²) in [7, 11) is 0. The average Bonchev–Trinajstić information content (AvgIpc) is 2.56. The Kier molecular flexibility index (Phi) is 8.00. The van der Waals surface area contributed by atoms with Crippen LogP contribution in [0.2, 0.25) is 0 Å². The normalized spacial score (nSPS) is 9.57. The average molecular weight is 280 g/mol. The molecule has 0 heterocycles. The number of esters is 1. The molecule has 0 aliphatic rings. The van der Waals surface area contributed by atoms with Gasteiger partial charge in [-0.3, -0.25) is 0 Å². The smallest absolute Gasteiger partial charge is 0.330 e. The van der Waals surface area contributed by atoms with Gasteiger partial charge in [-0.1, -0.05) is 79.4 Å². The van der Waals surface area contributed by atoms with E-state index in [9.17, 15) is 4.79 Å². The molecule has 0 N–H and O–H groups in total. The van der Waals surface area contributed by atoms with Gasteiger partial charge in [-0.25, -0.2) is 4.79 Å². The van der Waals surface area contributed by atoms with Crippen LogP contribution in [-0.2, 0) is 9.53 Å². The zero-order chi connectivity index (χ0) is 15.3. The third-order valence-corrected chi connectivity index (χ3v) is 2.52. The van der Waals surface area contributed by atoms with Crippen molar-refractivity contribution < 1.29 is 9.53 Å². The number of benzene rings is 2. The number of carbonyl (C=O) groups is 1. The van der Waals surface area contributed by atoms with E-state index in [1.54, 1.807) is 6.92 Å². The monoisotopic (exact) mass is 280 g/mol. The lowest BCUT2D eigenvalue weighted by Gasteiger charge is -1.92. The van der Waals surface area contributed by atoms with E-state index >= 15 is 0 Å². The van der Waals surface area contributed by atoms with Gasteiger partial charge in [-0.05, 0) is 18.1 Å². The number of ether oxygens (including phenoxy) is 1. The molecule has 0 saturated heterocycles. The molecule has 0 unspecified atom stereocenters. The first-order valence-corrected chi connectivity index (χ1v) is 6.83. The Morgan fingerprint density at radius 3 is 1.67 bits per heavy atom. The predicted octanol–water partition coefficient (Wildman–Crippen LogP) is 4.59. The van der Waals surface area contributed by atoms with E-state index in [0.717, 1.165) is 6.08 Å². The van der Waals surface area contributed by atoms with E-state index in [0.29, 0.717) is 6.61 Å². The summed E-state index contributed by atoms with van der Waals surface area (Å²) in [5.41, 5.74) is 2.47. The summed E-state index contributed by atoms with van der Waals surface area (Å²) >= 11 is 0. The fourth-order valence-electron chi connectivity index (χ4n) is 1.52. The SMILES string of the molecule is C(=Cc1ccccc1)c1ccccc1.C=CC(=O)OCC. The highest BCUT2D eigenvalue weighted by Gasteiger charge is 1.86. The van der Waals surface area contributed by atoms with E-state index in [1.165, 1.54) is 11.1 Å². The van der Waals surface area contributed by atoms with Crippen molar-refractivity contribution in [2.45, 2.75) is 6.92 Å². The number of carbonyl (C=O) groups excluding carboxylic acids is 1. The van der Waals surface area contributed by atoms with Crippen molar-refractivity contribution in [3.63, 3.8) is 0 Å². The van der Waals surface area contributed by atoms with Crippen LogP contribution in [0.4, 0.5) is 0 Å². The Balaban J connectivity index is 0.000000270. The van der Waals surface area contributed by atoms with Gasteiger partial charge in [0.15, 0.2) is 0 Å². The first kappa shape index (κ1) is 16.4. The first-order valence-electron chi connectivity index (χ1n) is 6.83. The highest BCUT2D eigenvalue weighted by Crippen LogP contribution is 2.06. The van der Waals surface area contributed by atoms with Crippen molar-refractivity contribution in [1.82, 2.24) is 0 Å². The Bertz CT molecular complexity index is 515. The third-order valence-electron chi connectivity index (χ3n) is 2.52. The lowest BCUT2D eigenvalue weighted by atomic mass is 10.1. The summed E-state index contributed by atoms with van der Waals surface area (Å²) in [6.07, 6.45) is 5.38. The van der Waals surface area contributed by atoms with E-state index in [-0.39, 0.29) is 5.97 Å². The molecule has 0 fully saturated rings. The summed E-state index contributed by atoms with van der Waals surface area (Å²) in [5.74, 6) is -0.359. The molecule has 0 radical (unpaired) electrons. The van der Waals surface area contributed by atoms with Crippen LogP contribution in [0.25, 0.3) is 12.2 Å². The lowest BCUT2D eigenvalue weighted by Crippen LogP contribution is -1.97. The largest absolute Gasteiger partial charge is 0.463 e. The molecule has 21 heavy (non-hydrogen) atoms. The molecule has 2 aromatic carbocycles. The second kappa shape index (κ2) is 10.2. The van der Waals surface area contributed by atoms with E-state index in [2.05, 4.69) is 47.7 Å². The van der Waals surface area contributed by atoms with Crippen molar-refractivity contribution in [2.75, 3.05) is 6.61 Å². The van der Waals surface area contributed by atoms with Gasteiger partial charge in [-0.15, -0.1) is 0 Å². The van der Waals surface area contributed by atoms with Crippen molar-refractivity contribution in [1.29, 1.82) is 0 Å². The summed E-state index contributed by atoms with van der Waals surface area (Å²) in [5, 5.41) is 0. The molecule has 2 rings (SSSR count). The Labute approximate surface area is 126 Å². The van der Waals surface area contributed by atoms with Gasteiger partial charge in [0.25, 0.3) is 0 Å². The van der Waals surface area contributed by atoms with Crippen LogP contribution in [0.15, 0.2) is 73.3 Å². The second-order valence-electron chi connectivity index (χ2n) is 4.11. The van der Waals surface area contributed by atoms with Crippen LogP contribution in [0.3, 0.4) is 0 Å². The minimum Gasteiger partial charge on any atom is -0.463 e. The molecule has 0 saturated carbocycles. The fourth-order valence-corrected chi connectivity index (χ4v) is 1.52. The molecular weight excluding hydrogens is 260 g/mol. The highest BCUT2D eigenvalue weighted by atomic mass is 16.5. The van der Waals surface area contributed by atoms with Crippen LogP contribution in [-0.4, -0.2) is 12.6 Å². The summed E-state index contributed by atoms with van der Waals surface area (Å²) in [6, 6.07) is 20.6. The molecule has 2 nitrogen and oxygen atoms in total. The van der Waals surface area contributed by atoms with Crippen LogP contribution in [0.5, 0.6) is 0 Å². The molecular formula is C19H20O2. The Hall–Kier alpha value is -2.61. The van der Waals surface area contributed by atoms with Gasteiger partial charge >= 0.3 is 5.97 Å². The van der Waals surface area contributed by atoms with Gasteiger partial charge in [0.05, 0.1) is 6.61 Å². The lowest BCUT2D eigenvalue weighted by molar-refractivity contribution is -0.137. The number of hydrogen-bond acceptors (Lipinski definition) is 2. The third kappa shape index (κ3) is 7.53. The topological polar surface area (TPSA) is 26.3 Å². The van der Waals surface area contributed by atoms with Crippen LogP contribution >= 0.6 is 0 Å².